The quantitative estimate of drug-likeness (QED) is 0.651. The van der Waals surface area contributed by atoms with Gasteiger partial charge in [-0.1, -0.05) is 24.3 Å². The van der Waals surface area contributed by atoms with Crippen LogP contribution in [0.15, 0.2) is 54.3 Å². The summed E-state index contributed by atoms with van der Waals surface area (Å²) in [5.74, 6) is 2.63. The summed E-state index contributed by atoms with van der Waals surface area (Å²) in [5.41, 5.74) is 7.79. The van der Waals surface area contributed by atoms with E-state index in [1.165, 1.54) is 0 Å². The van der Waals surface area contributed by atoms with Gasteiger partial charge in [0.25, 0.3) is 0 Å². The van der Waals surface area contributed by atoms with E-state index in [0.29, 0.717) is 26.4 Å². The zero-order valence-corrected chi connectivity index (χ0v) is 15.0. The minimum atomic E-state index is 0.527. The molecule has 0 atom stereocenters. The maximum Gasteiger partial charge on any atom is 0.119 e. The van der Waals surface area contributed by atoms with Crippen molar-refractivity contribution in [3.63, 3.8) is 0 Å². The first kappa shape index (κ1) is 18.9. The Labute approximate surface area is 150 Å². The molecule has 0 saturated heterocycles. The molecule has 0 amide bonds. The summed E-state index contributed by atoms with van der Waals surface area (Å²) in [6.45, 7) is 6.38. The molecule has 4 heteroatoms. The number of benzene rings is 2. The van der Waals surface area contributed by atoms with Gasteiger partial charge in [0, 0.05) is 6.42 Å². The molecule has 0 aliphatic heterocycles. The second kappa shape index (κ2) is 10.4. The van der Waals surface area contributed by atoms with E-state index < -0.39 is 0 Å². The lowest BCUT2D eigenvalue weighted by Gasteiger charge is -2.09. The Morgan fingerprint density at radius 3 is 2.12 bits per heavy atom. The van der Waals surface area contributed by atoms with Gasteiger partial charge >= 0.3 is 0 Å². The van der Waals surface area contributed by atoms with Crippen molar-refractivity contribution in [2.45, 2.75) is 26.9 Å². The van der Waals surface area contributed by atoms with Gasteiger partial charge in [-0.15, -0.1) is 0 Å². The lowest BCUT2D eigenvalue weighted by Crippen LogP contribution is -2.02. The normalized spacial score (nSPS) is 11.2. The fraction of sp³-hybridized carbons (Fsp3) is 0.333. The van der Waals surface area contributed by atoms with Gasteiger partial charge in [-0.05, 0) is 61.9 Å². The number of rotatable bonds is 10. The van der Waals surface area contributed by atoms with Crippen LogP contribution in [0.25, 0.3) is 6.08 Å². The van der Waals surface area contributed by atoms with Crippen molar-refractivity contribution >= 4 is 6.08 Å². The molecule has 0 radical (unpaired) electrons. The average molecular weight is 341 g/mol. The first-order valence-electron chi connectivity index (χ1n) is 8.73. The number of hydrogen-bond donors (Lipinski definition) is 1. The van der Waals surface area contributed by atoms with Gasteiger partial charge in [0.15, 0.2) is 0 Å². The standard InChI is InChI=1S/C21H27NO3/c1-3-23-19-11-7-18(8-12-19)16-25-20-9-5-17(6-10-20)15-21(13-14-22)24-4-2/h5-12,15H,3-4,13-14,16,22H2,1-2H3. The molecule has 0 unspecified atom stereocenters. The Kier molecular flexibility index (Phi) is 7.86. The fourth-order valence-corrected chi connectivity index (χ4v) is 2.38. The monoisotopic (exact) mass is 341 g/mol. The molecule has 25 heavy (non-hydrogen) atoms. The third-order valence-electron chi connectivity index (χ3n) is 3.57. The highest BCUT2D eigenvalue weighted by Crippen LogP contribution is 2.18. The molecule has 0 aromatic heterocycles. The van der Waals surface area contributed by atoms with E-state index in [2.05, 4.69) is 0 Å². The molecule has 0 fully saturated rings. The van der Waals surface area contributed by atoms with Crippen molar-refractivity contribution < 1.29 is 14.2 Å². The second-order valence-electron chi connectivity index (χ2n) is 5.52. The van der Waals surface area contributed by atoms with Crippen LogP contribution >= 0.6 is 0 Å². The van der Waals surface area contributed by atoms with Crippen molar-refractivity contribution in [2.24, 2.45) is 5.73 Å². The molecular formula is C21H27NO3. The lowest BCUT2D eigenvalue weighted by atomic mass is 10.1. The van der Waals surface area contributed by atoms with Crippen LogP contribution in [-0.2, 0) is 11.3 Å². The minimum absolute atomic E-state index is 0.527. The summed E-state index contributed by atoms with van der Waals surface area (Å²) < 4.78 is 16.9. The van der Waals surface area contributed by atoms with E-state index in [1.807, 2.05) is 68.5 Å². The zero-order chi connectivity index (χ0) is 17.9. The first-order chi connectivity index (χ1) is 12.2. The molecule has 0 heterocycles. The lowest BCUT2D eigenvalue weighted by molar-refractivity contribution is 0.223. The summed E-state index contributed by atoms with van der Waals surface area (Å²) in [6.07, 6.45) is 2.76. The average Bonchev–Trinajstić information content (AvgIpc) is 2.63. The highest BCUT2D eigenvalue weighted by Gasteiger charge is 2.00. The van der Waals surface area contributed by atoms with Crippen molar-refractivity contribution in [1.29, 1.82) is 0 Å². The number of ether oxygens (including phenoxy) is 3. The van der Waals surface area contributed by atoms with Crippen molar-refractivity contribution in [2.75, 3.05) is 19.8 Å². The molecule has 2 rings (SSSR count). The Hall–Kier alpha value is -2.46. The van der Waals surface area contributed by atoms with E-state index in [4.69, 9.17) is 19.9 Å². The summed E-state index contributed by atoms with van der Waals surface area (Å²) in [4.78, 5) is 0. The first-order valence-corrected chi connectivity index (χ1v) is 8.73. The van der Waals surface area contributed by atoms with Crippen LogP contribution in [0, 0.1) is 0 Å². The van der Waals surface area contributed by atoms with Crippen LogP contribution in [-0.4, -0.2) is 19.8 Å². The molecule has 4 nitrogen and oxygen atoms in total. The summed E-state index contributed by atoms with van der Waals surface area (Å²) in [6, 6.07) is 15.9. The number of nitrogens with two attached hydrogens (primary N) is 1. The molecule has 0 aliphatic carbocycles. The minimum Gasteiger partial charge on any atom is -0.498 e. The summed E-state index contributed by atoms with van der Waals surface area (Å²) in [7, 11) is 0. The van der Waals surface area contributed by atoms with E-state index in [-0.39, 0.29) is 0 Å². The van der Waals surface area contributed by atoms with Crippen LogP contribution in [0.3, 0.4) is 0 Å². The van der Waals surface area contributed by atoms with Crippen LogP contribution in [0.4, 0.5) is 0 Å². The van der Waals surface area contributed by atoms with Gasteiger partial charge < -0.3 is 19.9 Å². The van der Waals surface area contributed by atoms with Crippen molar-refractivity contribution in [1.82, 2.24) is 0 Å². The largest absolute Gasteiger partial charge is 0.498 e. The van der Waals surface area contributed by atoms with Gasteiger partial charge in [0.2, 0.25) is 0 Å². The maximum atomic E-state index is 5.83. The van der Waals surface area contributed by atoms with E-state index in [0.717, 1.165) is 34.8 Å². The number of hydrogen-bond acceptors (Lipinski definition) is 4. The Morgan fingerprint density at radius 1 is 0.880 bits per heavy atom. The molecule has 0 saturated carbocycles. The van der Waals surface area contributed by atoms with E-state index in [9.17, 15) is 0 Å². The highest BCUT2D eigenvalue weighted by atomic mass is 16.5. The third-order valence-corrected chi connectivity index (χ3v) is 3.57. The Balaban J connectivity index is 1.92. The van der Waals surface area contributed by atoms with Gasteiger partial charge in [-0.25, -0.2) is 0 Å². The molecule has 0 aliphatic rings. The van der Waals surface area contributed by atoms with Crippen LogP contribution < -0.4 is 15.2 Å². The molecular weight excluding hydrogens is 314 g/mol. The molecule has 134 valence electrons. The van der Waals surface area contributed by atoms with Crippen molar-refractivity contribution in [3.8, 4) is 11.5 Å². The Morgan fingerprint density at radius 2 is 1.52 bits per heavy atom. The van der Waals surface area contributed by atoms with Gasteiger partial charge in [-0.3, -0.25) is 0 Å². The second-order valence-corrected chi connectivity index (χ2v) is 5.52. The van der Waals surface area contributed by atoms with Crippen molar-refractivity contribution in [3.05, 3.63) is 65.4 Å². The maximum absolute atomic E-state index is 5.83. The zero-order valence-electron chi connectivity index (χ0n) is 15.0. The van der Waals surface area contributed by atoms with Crippen LogP contribution in [0.2, 0.25) is 0 Å². The molecule has 0 bridgehead atoms. The smallest absolute Gasteiger partial charge is 0.119 e. The molecule has 0 spiro atoms. The predicted molar refractivity (Wildman–Crippen MR) is 102 cm³/mol. The van der Waals surface area contributed by atoms with Crippen LogP contribution in [0.5, 0.6) is 11.5 Å². The highest BCUT2D eigenvalue weighted by molar-refractivity contribution is 5.52. The SMILES string of the molecule is CCOC(=Cc1ccc(OCc2ccc(OCC)cc2)cc1)CCN. The summed E-state index contributed by atoms with van der Waals surface area (Å²) in [5, 5.41) is 0. The molecule has 2 N–H and O–H groups in total. The third kappa shape index (κ3) is 6.51. The Bertz CT molecular complexity index is 640. The summed E-state index contributed by atoms with van der Waals surface area (Å²) >= 11 is 0. The molecule has 2 aromatic carbocycles. The molecule has 2 aromatic rings. The van der Waals surface area contributed by atoms with Gasteiger partial charge in [-0.2, -0.15) is 0 Å². The van der Waals surface area contributed by atoms with E-state index >= 15 is 0 Å². The van der Waals surface area contributed by atoms with Gasteiger partial charge in [0.1, 0.15) is 18.1 Å². The predicted octanol–water partition coefficient (Wildman–Crippen LogP) is 4.39. The van der Waals surface area contributed by atoms with Gasteiger partial charge in [0.05, 0.1) is 19.0 Å². The fourth-order valence-electron chi connectivity index (χ4n) is 2.38. The van der Waals surface area contributed by atoms with E-state index in [1.54, 1.807) is 0 Å². The van der Waals surface area contributed by atoms with Crippen LogP contribution in [0.1, 0.15) is 31.4 Å². The topological polar surface area (TPSA) is 53.7 Å².